The number of carbonyl (C=O) groups is 1. The minimum absolute atomic E-state index is 0.159. The number of para-hydroxylation sites is 1. The van der Waals surface area contributed by atoms with E-state index in [2.05, 4.69) is 15.5 Å². The van der Waals surface area contributed by atoms with Gasteiger partial charge in [0, 0.05) is 25.2 Å². The van der Waals surface area contributed by atoms with Crippen molar-refractivity contribution in [2.75, 3.05) is 31.5 Å². The van der Waals surface area contributed by atoms with E-state index in [1.54, 1.807) is 0 Å². The lowest BCUT2D eigenvalue weighted by Gasteiger charge is -2.33. The normalized spacial score (nSPS) is 17.9. The Morgan fingerprint density at radius 1 is 1.32 bits per heavy atom. The Balaban J connectivity index is 1.67. The monoisotopic (exact) mass is 305 g/mol. The topological polar surface area (TPSA) is 64.6 Å². The van der Waals surface area contributed by atoms with E-state index in [0.717, 1.165) is 31.6 Å². The molecule has 0 spiro atoms. The van der Waals surface area contributed by atoms with E-state index in [4.69, 9.17) is 0 Å². The number of amides is 1. The number of aliphatic hydroxyl groups excluding tert-OH is 1. The summed E-state index contributed by atoms with van der Waals surface area (Å²) in [4.78, 5) is 13.9. The maximum atomic E-state index is 11.6. The molecule has 0 aliphatic carbocycles. The van der Waals surface area contributed by atoms with Crippen LogP contribution in [0, 0.1) is 5.92 Å². The molecule has 1 amide bonds. The Morgan fingerprint density at radius 2 is 2.00 bits per heavy atom. The van der Waals surface area contributed by atoms with Crippen LogP contribution in [0.15, 0.2) is 30.3 Å². The fourth-order valence-corrected chi connectivity index (χ4v) is 2.92. The van der Waals surface area contributed by atoms with Crippen molar-refractivity contribution in [3.8, 4) is 0 Å². The van der Waals surface area contributed by atoms with Crippen molar-refractivity contribution in [2.24, 2.45) is 5.92 Å². The second-order valence-electron chi connectivity index (χ2n) is 5.93. The summed E-state index contributed by atoms with van der Waals surface area (Å²) in [5.74, 6) is 0.633. The smallest absolute Gasteiger partial charge is 0.220 e. The van der Waals surface area contributed by atoms with Gasteiger partial charge >= 0.3 is 0 Å². The molecular formula is C17H27N3O2. The van der Waals surface area contributed by atoms with Crippen LogP contribution in [0.25, 0.3) is 0 Å². The predicted octanol–water partition coefficient (Wildman–Crippen LogP) is 1.66. The molecule has 1 unspecified atom stereocenters. The predicted molar refractivity (Wildman–Crippen MR) is 88.5 cm³/mol. The first-order valence-electron chi connectivity index (χ1n) is 8.16. The summed E-state index contributed by atoms with van der Waals surface area (Å²) in [7, 11) is 0. The lowest BCUT2D eigenvalue weighted by Crippen LogP contribution is -2.42. The third kappa shape index (κ3) is 5.66. The summed E-state index contributed by atoms with van der Waals surface area (Å²) in [5, 5.41) is 16.1. The van der Waals surface area contributed by atoms with Crippen molar-refractivity contribution < 1.29 is 9.90 Å². The second kappa shape index (κ2) is 8.76. The maximum Gasteiger partial charge on any atom is 0.220 e. The number of nitrogens with one attached hydrogen (secondary N) is 2. The van der Waals surface area contributed by atoms with E-state index in [0.29, 0.717) is 25.4 Å². The van der Waals surface area contributed by atoms with Gasteiger partial charge < -0.3 is 15.7 Å². The van der Waals surface area contributed by atoms with E-state index in [-0.39, 0.29) is 5.91 Å². The van der Waals surface area contributed by atoms with Gasteiger partial charge in [0.15, 0.2) is 0 Å². The van der Waals surface area contributed by atoms with Gasteiger partial charge in [-0.1, -0.05) is 18.2 Å². The Bertz CT molecular complexity index is 444. The number of β-amino-alcohol motifs (C(OH)–C–C–N with tert-alkyl or cyclic N) is 1. The third-order valence-corrected chi connectivity index (χ3v) is 4.09. The maximum absolute atomic E-state index is 11.6. The van der Waals surface area contributed by atoms with Crippen LogP contribution in [0.1, 0.15) is 26.2 Å². The van der Waals surface area contributed by atoms with Crippen molar-refractivity contribution in [3.05, 3.63) is 30.3 Å². The molecule has 1 fully saturated rings. The van der Waals surface area contributed by atoms with Gasteiger partial charge in [-0.05, 0) is 50.9 Å². The number of aliphatic hydroxyl groups is 1. The highest BCUT2D eigenvalue weighted by atomic mass is 16.3. The molecule has 1 aliphatic heterocycles. The number of anilines is 1. The lowest BCUT2D eigenvalue weighted by atomic mass is 9.93. The fraction of sp³-hybridized carbons (Fsp3) is 0.588. The standard InChI is InChI=1S/C17H27N3O2/c1-2-18-16(21)12-14-8-10-20(11-9-14)13-17(22)19-15-6-4-3-5-7-15/h3-7,14,17,19,22H,2,8-13H2,1H3,(H,18,21). The van der Waals surface area contributed by atoms with Gasteiger partial charge in [0.25, 0.3) is 0 Å². The molecule has 3 N–H and O–H groups in total. The molecule has 122 valence electrons. The van der Waals surface area contributed by atoms with E-state index in [9.17, 15) is 9.90 Å². The van der Waals surface area contributed by atoms with Gasteiger partial charge in [-0.15, -0.1) is 0 Å². The van der Waals surface area contributed by atoms with Gasteiger partial charge in [-0.2, -0.15) is 0 Å². The molecule has 1 aromatic rings. The van der Waals surface area contributed by atoms with Crippen molar-refractivity contribution >= 4 is 11.6 Å². The van der Waals surface area contributed by atoms with Crippen LogP contribution in [0.2, 0.25) is 0 Å². The number of rotatable bonds is 7. The molecule has 2 rings (SSSR count). The number of nitrogens with zero attached hydrogens (tertiary/aromatic N) is 1. The molecule has 1 saturated heterocycles. The second-order valence-corrected chi connectivity index (χ2v) is 5.93. The quantitative estimate of drug-likeness (QED) is 0.670. The summed E-state index contributed by atoms with van der Waals surface area (Å²) < 4.78 is 0. The number of carbonyl (C=O) groups excluding carboxylic acids is 1. The van der Waals surface area contributed by atoms with Crippen LogP contribution in [0.5, 0.6) is 0 Å². The number of hydrogen-bond donors (Lipinski definition) is 3. The molecule has 5 heteroatoms. The Hall–Kier alpha value is -1.59. The molecule has 1 aliphatic rings. The van der Waals surface area contributed by atoms with Gasteiger partial charge in [0.05, 0.1) is 0 Å². The van der Waals surface area contributed by atoms with Crippen LogP contribution in [0.4, 0.5) is 5.69 Å². The van der Waals surface area contributed by atoms with Crippen molar-refractivity contribution in [1.29, 1.82) is 0 Å². The van der Waals surface area contributed by atoms with Gasteiger partial charge in [-0.3, -0.25) is 9.69 Å². The van der Waals surface area contributed by atoms with Crippen LogP contribution in [0.3, 0.4) is 0 Å². The minimum Gasteiger partial charge on any atom is -0.372 e. The zero-order chi connectivity index (χ0) is 15.8. The van der Waals surface area contributed by atoms with Crippen LogP contribution in [-0.4, -0.2) is 48.3 Å². The number of piperidine rings is 1. The Labute approximate surface area is 132 Å². The highest BCUT2D eigenvalue weighted by molar-refractivity contribution is 5.76. The average molecular weight is 305 g/mol. The molecule has 1 heterocycles. The summed E-state index contributed by atoms with van der Waals surface area (Å²) in [5.41, 5.74) is 0.932. The van der Waals surface area contributed by atoms with Crippen LogP contribution < -0.4 is 10.6 Å². The molecule has 0 radical (unpaired) electrons. The summed E-state index contributed by atoms with van der Waals surface area (Å²) in [6.45, 7) is 5.15. The average Bonchev–Trinajstić information content (AvgIpc) is 2.50. The third-order valence-electron chi connectivity index (χ3n) is 4.09. The highest BCUT2D eigenvalue weighted by Gasteiger charge is 2.22. The SMILES string of the molecule is CCNC(=O)CC1CCN(CC(O)Nc2ccccc2)CC1. The van der Waals surface area contributed by atoms with E-state index < -0.39 is 6.23 Å². The van der Waals surface area contributed by atoms with Crippen molar-refractivity contribution in [1.82, 2.24) is 10.2 Å². The first kappa shape index (κ1) is 16.8. The first-order chi connectivity index (χ1) is 10.7. The number of benzene rings is 1. The molecule has 0 aromatic heterocycles. The van der Waals surface area contributed by atoms with Gasteiger partial charge in [0.2, 0.25) is 5.91 Å². The lowest BCUT2D eigenvalue weighted by molar-refractivity contribution is -0.122. The Morgan fingerprint density at radius 3 is 2.64 bits per heavy atom. The molecule has 1 atom stereocenters. The van der Waals surface area contributed by atoms with E-state index >= 15 is 0 Å². The molecular weight excluding hydrogens is 278 g/mol. The summed E-state index contributed by atoms with van der Waals surface area (Å²) in [6, 6.07) is 9.74. The molecule has 0 saturated carbocycles. The van der Waals surface area contributed by atoms with Crippen LogP contribution in [-0.2, 0) is 4.79 Å². The molecule has 5 nitrogen and oxygen atoms in total. The minimum atomic E-state index is -0.567. The van der Waals surface area contributed by atoms with Gasteiger partial charge in [-0.25, -0.2) is 0 Å². The van der Waals surface area contributed by atoms with E-state index in [1.165, 1.54) is 0 Å². The first-order valence-corrected chi connectivity index (χ1v) is 8.16. The number of hydrogen-bond acceptors (Lipinski definition) is 4. The zero-order valence-electron chi connectivity index (χ0n) is 13.3. The van der Waals surface area contributed by atoms with Crippen molar-refractivity contribution in [3.63, 3.8) is 0 Å². The summed E-state index contributed by atoms with van der Waals surface area (Å²) >= 11 is 0. The largest absolute Gasteiger partial charge is 0.372 e. The van der Waals surface area contributed by atoms with Crippen molar-refractivity contribution in [2.45, 2.75) is 32.4 Å². The molecule has 0 bridgehead atoms. The number of likely N-dealkylation sites (tertiary alicyclic amines) is 1. The molecule has 1 aromatic carbocycles. The van der Waals surface area contributed by atoms with E-state index in [1.807, 2.05) is 37.3 Å². The fourth-order valence-electron chi connectivity index (χ4n) is 2.92. The van der Waals surface area contributed by atoms with Gasteiger partial charge in [0.1, 0.15) is 6.23 Å². The zero-order valence-corrected chi connectivity index (χ0v) is 13.3. The highest BCUT2D eigenvalue weighted by Crippen LogP contribution is 2.20. The summed E-state index contributed by atoms with van der Waals surface area (Å²) in [6.07, 6.45) is 2.11. The molecule has 22 heavy (non-hydrogen) atoms. The van der Waals surface area contributed by atoms with Crippen LogP contribution >= 0.6 is 0 Å². The Kier molecular flexibility index (Phi) is 6.68.